The van der Waals surface area contributed by atoms with E-state index in [1.54, 1.807) is 0 Å². The van der Waals surface area contributed by atoms with Gasteiger partial charge in [-0.3, -0.25) is 0 Å². The van der Waals surface area contributed by atoms with Crippen LogP contribution in [-0.2, 0) is 6.54 Å². The summed E-state index contributed by atoms with van der Waals surface area (Å²) >= 11 is 11.7. The van der Waals surface area contributed by atoms with Crippen molar-refractivity contribution in [3.8, 4) is 0 Å². The molecule has 0 aromatic heterocycles. The first-order valence-electron chi connectivity index (χ1n) is 4.61. The summed E-state index contributed by atoms with van der Waals surface area (Å²) in [6.07, 6.45) is 0. The average Bonchev–Trinajstić information content (AvgIpc) is 2.27. The minimum atomic E-state index is -0.182. The van der Waals surface area contributed by atoms with E-state index in [-0.39, 0.29) is 5.54 Å². The van der Waals surface area contributed by atoms with Crippen molar-refractivity contribution in [2.75, 3.05) is 11.8 Å². The molecular formula is C11H15Cl2N. The molecule has 1 N–H and O–H groups in total. The van der Waals surface area contributed by atoms with Gasteiger partial charge in [0.2, 0.25) is 0 Å². The van der Waals surface area contributed by atoms with Crippen LogP contribution >= 0.6 is 23.2 Å². The van der Waals surface area contributed by atoms with E-state index in [1.165, 1.54) is 5.56 Å². The molecule has 0 saturated heterocycles. The van der Waals surface area contributed by atoms with Crippen molar-refractivity contribution in [3.63, 3.8) is 0 Å². The molecule has 1 nitrogen and oxygen atoms in total. The van der Waals surface area contributed by atoms with Crippen LogP contribution in [0.1, 0.15) is 12.5 Å². The van der Waals surface area contributed by atoms with Crippen molar-refractivity contribution in [2.45, 2.75) is 19.0 Å². The van der Waals surface area contributed by atoms with E-state index in [2.05, 4.69) is 17.4 Å². The van der Waals surface area contributed by atoms with Crippen LogP contribution in [0.15, 0.2) is 30.3 Å². The maximum atomic E-state index is 5.83. The molecule has 0 amide bonds. The fourth-order valence-electron chi connectivity index (χ4n) is 1.04. The minimum absolute atomic E-state index is 0.182. The molecule has 0 atom stereocenters. The first-order valence-corrected chi connectivity index (χ1v) is 5.68. The largest absolute Gasteiger partial charge is 0.305 e. The SMILES string of the molecule is CC(CCl)(CCl)NCc1ccccc1. The van der Waals surface area contributed by atoms with Crippen LogP contribution in [0.4, 0.5) is 0 Å². The van der Waals surface area contributed by atoms with Gasteiger partial charge in [-0.25, -0.2) is 0 Å². The Morgan fingerprint density at radius 2 is 1.71 bits per heavy atom. The maximum Gasteiger partial charge on any atom is 0.0427 e. The summed E-state index contributed by atoms with van der Waals surface area (Å²) in [6.45, 7) is 2.83. The van der Waals surface area contributed by atoms with E-state index >= 15 is 0 Å². The van der Waals surface area contributed by atoms with E-state index in [9.17, 15) is 0 Å². The zero-order valence-electron chi connectivity index (χ0n) is 8.26. The molecule has 0 heterocycles. The maximum absolute atomic E-state index is 5.83. The van der Waals surface area contributed by atoms with Crippen LogP contribution in [0, 0.1) is 0 Å². The van der Waals surface area contributed by atoms with Crippen molar-refractivity contribution in [3.05, 3.63) is 35.9 Å². The van der Waals surface area contributed by atoms with Gasteiger partial charge in [0.25, 0.3) is 0 Å². The second-order valence-electron chi connectivity index (χ2n) is 3.67. The predicted octanol–water partition coefficient (Wildman–Crippen LogP) is 3.01. The smallest absolute Gasteiger partial charge is 0.0427 e. The van der Waals surface area contributed by atoms with Gasteiger partial charge in [-0.1, -0.05) is 30.3 Å². The van der Waals surface area contributed by atoms with E-state index in [0.717, 1.165) is 6.54 Å². The van der Waals surface area contributed by atoms with E-state index < -0.39 is 0 Å². The van der Waals surface area contributed by atoms with Gasteiger partial charge in [-0.05, 0) is 12.5 Å². The zero-order chi connectivity index (χ0) is 10.4. The van der Waals surface area contributed by atoms with Crippen LogP contribution in [0.2, 0.25) is 0 Å². The van der Waals surface area contributed by atoms with Gasteiger partial charge in [0, 0.05) is 23.8 Å². The molecule has 1 aromatic rings. The first kappa shape index (κ1) is 11.8. The lowest BCUT2D eigenvalue weighted by Crippen LogP contribution is -2.45. The Kier molecular flexibility index (Phi) is 4.73. The van der Waals surface area contributed by atoms with Gasteiger partial charge in [-0.15, -0.1) is 23.2 Å². The molecule has 78 valence electrons. The fourth-order valence-corrected chi connectivity index (χ4v) is 1.52. The lowest BCUT2D eigenvalue weighted by atomic mass is 10.1. The number of alkyl halides is 2. The standard InChI is InChI=1S/C11H15Cl2N/c1-11(8-12,9-13)14-7-10-5-3-2-4-6-10/h2-6,14H,7-9H2,1H3. The monoisotopic (exact) mass is 231 g/mol. The number of nitrogens with one attached hydrogen (secondary N) is 1. The third-order valence-corrected chi connectivity index (χ3v) is 3.33. The molecule has 0 radical (unpaired) electrons. The highest BCUT2D eigenvalue weighted by molar-refractivity contribution is 6.22. The Balaban J connectivity index is 2.48. The van der Waals surface area contributed by atoms with Crippen molar-refractivity contribution in [1.29, 1.82) is 0 Å². The Morgan fingerprint density at radius 1 is 1.14 bits per heavy atom. The minimum Gasteiger partial charge on any atom is -0.305 e. The average molecular weight is 232 g/mol. The van der Waals surface area contributed by atoms with Crippen molar-refractivity contribution in [1.82, 2.24) is 5.32 Å². The second-order valence-corrected chi connectivity index (χ2v) is 4.20. The summed E-state index contributed by atoms with van der Waals surface area (Å²) in [5.41, 5.74) is 1.06. The highest BCUT2D eigenvalue weighted by atomic mass is 35.5. The fraction of sp³-hybridized carbons (Fsp3) is 0.455. The van der Waals surface area contributed by atoms with Gasteiger partial charge in [0.1, 0.15) is 0 Å². The zero-order valence-corrected chi connectivity index (χ0v) is 9.78. The molecule has 1 rings (SSSR count). The van der Waals surface area contributed by atoms with Gasteiger partial charge < -0.3 is 5.32 Å². The van der Waals surface area contributed by atoms with Gasteiger partial charge in [0.15, 0.2) is 0 Å². The summed E-state index contributed by atoms with van der Waals surface area (Å²) in [5.74, 6) is 1.03. The van der Waals surface area contributed by atoms with Gasteiger partial charge >= 0.3 is 0 Å². The van der Waals surface area contributed by atoms with Gasteiger partial charge in [-0.2, -0.15) is 0 Å². The van der Waals surface area contributed by atoms with E-state index in [4.69, 9.17) is 23.2 Å². The lowest BCUT2D eigenvalue weighted by molar-refractivity contribution is 0.435. The Labute approximate surface area is 95.4 Å². The van der Waals surface area contributed by atoms with Crippen LogP contribution in [-0.4, -0.2) is 17.3 Å². The van der Waals surface area contributed by atoms with Crippen molar-refractivity contribution >= 4 is 23.2 Å². The molecule has 0 spiro atoms. The summed E-state index contributed by atoms with van der Waals surface area (Å²) in [7, 11) is 0. The highest BCUT2D eigenvalue weighted by Crippen LogP contribution is 2.10. The topological polar surface area (TPSA) is 12.0 Å². The highest BCUT2D eigenvalue weighted by Gasteiger charge is 2.20. The van der Waals surface area contributed by atoms with Crippen LogP contribution < -0.4 is 5.32 Å². The van der Waals surface area contributed by atoms with Crippen LogP contribution in [0.25, 0.3) is 0 Å². The van der Waals surface area contributed by atoms with Crippen molar-refractivity contribution in [2.24, 2.45) is 0 Å². The number of hydrogen-bond donors (Lipinski definition) is 1. The summed E-state index contributed by atoms with van der Waals surface area (Å²) in [4.78, 5) is 0. The number of halogens is 2. The molecule has 0 aliphatic carbocycles. The number of hydrogen-bond acceptors (Lipinski definition) is 1. The molecule has 0 aliphatic heterocycles. The van der Waals surface area contributed by atoms with Crippen molar-refractivity contribution < 1.29 is 0 Å². The Bertz CT molecular complexity index is 257. The van der Waals surface area contributed by atoms with E-state index in [1.807, 2.05) is 25.1 Å². The first-order chi connectivity index (χ1) is 6.70. The molecule has 0 bridgehead atoms. The molecule has 0 fully saturated rings. The van der Waals surface area contributed by atoms with Crippen LogP contribution in [0.3, 0.4) is 0 Å². The lowest BCUT2D eigenvalue weighted by Gasteiger charge is -2.26. The third-order valence-electron chi connectivity index (χ3n) is 2.15. The predicted molar refractivity (Wildman–Crippen MR) is 63.1 cm³/mol. The number of rotatable bonds is 5. The molecule has 0 saturated carbocycles. The molecular weight excluding hydrogens is 217 g/mol. The molecule has 3 heteroatoms. The quantitative estimate of drug-likeness (QED) is 0.769. The summed E-state index contributed by atoms with van der Waals surface area (Å²) < 4.78 is 0. The summed E-state index contributed by atoms with van der Waals surface area (Å²) in [5, 5.41) is 3.35. The third kappa shape index (κ3) is 3.49. The summed E-state index contributed by atoms with van der Waals surface area (Å²) in [6, 6.07) is 10.2. The molecule has 0 unspecified atom stereocenters. The van der Waals surface area contributed by atoms with Gasteiger partial charge in [0.05, 0.1) is 0 Å². The normalized spacial score (nSPS) is 11.6. The Morgan fingerprint density at radius 3 is 2.21 bits per heavy atom. The van der Waals surface area contributed by atoms with E-state index in [0.29, 0.717) is 11.8 Å². The molecule has 14 heavy (non-hydrogen) atoms. The number of benzene rings is 1. The Hall–Kier alpha value is -0.240. The molecule has 1 aromatic carbocycles. The molecule has 0 aliphatic rings. The van der Waals surface area contributed by atoms with Crippen LogP contribution in [0.5, 0.6) is 0 Å². The second kappa shape index (κ2) is 5.59.